The number of amides is 1. The molecule has 4 rings (SSSR count). The van der Waals surface area contributed by atoms with Crippen LogP contribution in [0.2, 0.25) is 0 Å². The molecule has 1 aliphatic rings. The van der Waals surface area contributed by atoms with Crippen LogP contribution in [0.3, 0.4) is 0 Å². The molecule has 0 spiro atoms. The summed E-state index contributed by atoms with van der Waals surface area (Å²) < 4.78 is 14.1. The molecule has 1 aliphatic heterocycles. The van der Waals surface area contributed by atoms with Crippen LogP contribution in [0.4, 0.5) is 27.7 Å². The molecule has 0 saturated carbocycles. The Kier molecular flexibility index (Phi) is 6.48. The number of rotatable bonds is 6. The number of aryl methyl sites for hydroxylation is 1. The van der Waals surface area contributed by atoms with Crippen molar-refractivity contribution in [1.82, 2.24) is 30.5 Å². The molecule has 0 atom stereocenters. The van der Waals surface area contributed by atoms with Gasteiger partial charge in [0.05, 0.1) is 6.20 Å². The Balaban J connectivity index is 1.40. The number of H-pyrrole nitrogens is 1. The van der Waals surface area contributed by atoms with Gasteiger partial charge in [-0.05, 0) is 71.7 Å². The lowest BCUT2D eigenvalue weighted by Crippen LogP contribution is -2.62. The van der Waals surface area contributed by atoms with Gasteiger partial charge in [-0.1, -0.05) is 0 Å². The van der Waals surface area contributed by atoms with E-state index in [0.29, 0.717) is 29.9 Å². The molecule has 2 aromatic heterocycles. The van der Waals surface area contributed by atoms with E-state index in [1.165, 1.54) is 0 Å². The summed E-state index contributed by atoms with van der Waals surface area (Å²) in [6.07, 6.45) is 2.21. The van der Waals surface area contributed by atoms with Crippen molar-refractivity contribution in [2.24, 2.45) is 0 Å². The topological polar surface area (TPSA) is 131 Å². The van der Waals surface area contributed by atoms with Crippen LogP contribution in [0.25, 0.3) is 0 Å². The zero-order valence-electron chi connectivity index (χ0n) is 20.4. The third-order valence-corrected chi connectivity index (χ3v) is 6.03. The molecule has 0 unspecified atom stereocenters. The molecule has 11 heteroatoms. The van der Waals surface area contributed by atoms with E-state index < -0.39 is 16.9 Å². The van der Waals surface area contributed by atoms with Crippen molar-refractivity contribution in [2.45, 2.75) is 64.6 Å². The smallest absolute Gasteiger partial charge is 0.251 e. The van der Waals surface area contributed by atoms with E-state index in [4.69, 9.17) is 0 Å². The number of nitrogens with one attached hydrogen (secondary N) is 4. The lowest BCUT2D eigenvalue weighted by Gasteiger charge is -2.50. The largest absolute Gasteiger partial charge is 0.349 e. The van der Waals surface area contributed by atoms with E-state index in [1.807, 2.05) is 34.6 Å². The van der Waals surface area contributed by atoms with Gasteiger partial charge in [-0.2, -0.15) is 10.1 Å². The molecule has 3 heterocycles. The second-order valence-electron chi connectivity index (χ2n) is 10.2. The van der Waals surface area contributed by atoms with Crippen LogP contribution < -0.4 is 16.0 Å². The molecular formula is C24H30FN8O2. The Morgan fingerprint density at radius 3 is 2.37 bits per heavy atom. The molecule has 0 aliphatic carbocycles. The van der Waals surface area contributed by atoms with Crippen molar-refractivity contribution in [3.05, 3.63) is 53.6 Å². The second-order valence-corrected chi connectivity index (χ2v) is 10.2. The highest BCUT2D eigenvalue weighted by molar-refractivity contribution is 5.94. The summed E-state index contributed by atoms with van der Waals surface area (Å²) in [5.74, 6) is -0.204. The molecule has 1 saturated heterocycles. The monoisotopic (exact) mass is 481 g/mol. The fourth-order valence-corrected chi connectivity index (χ4v) is 4.59. The molecule has 1 fully saturated rings. The average molecular weight is 482 g/mol. The first kappa shape index (κ1) is 24.6. The highest BCUT2D eigenvalue weighted by Gasteiger charge is 2.46. The number of aromatic nitrogens is 4. The van der Waals surface area contributed by atoms with Crippen molar-refractivity contribution in [3.63, 3.8) is 0 Å². The van der Waals surface area contributed by atoms with Crippen molar-refractivity contribution in [1.29, 1.82) is 0 Å². The Morgan fingerprint density at radius 1 is 1.11 bits per heavy atom. The van der Waals surface area contributed by atoms with E-state index in [-0.39, 0.29) is 23.7 Å². The quantitative estimate of drug-likeness (QED) is 0.414. The molecule has 185 valence electrons. The minimum atomic E-state index is -0.614. The minimum absolute atomic E-state index is 0.0139. The van der Waals surface area contributed by atoms with E-state index >= 15 is 0 Å². The van der Waals surface area contributed by atoms with Gasteiger partial charge in [0.1, 0.15) is 0 Å². The molecular weight excluding hydrogens is 451 g/mol. The summed E-state index contributed by atoms with van der Waals surface area (Å²) in [7, 11) is 0. The van der Waals surface area contributed by atoms with Gasteiger partial charge in [0.2, 0.25) is 5.95 Å². The molecule has 1 aromatic carbocycles. The number of hydroxylamine groups is 2. The minimum Gasteiger partial charge on any atom is -0.349 e. The van der Waals surface area contributed by atoms with Crippen molar-refractivity contribution in [3.8, 4) is 0 Å². The number of benzene rings is 1. The van der Waals surface area contributed by atoms with Gasteiger partial charge in [-0.15, -0.1) is 10.3 Å². The molecule has 10 nitrogen and oxygen atoms in total. The van der Waals surface area contributed by atoms with Crippen molar-refractivity contribution >= 4 is 29.2 Å². The fraction of sp³-hybridized carbons (Fsp3) is 0.417. The first-order chi connectivity index (χ1) is 16.4. The zero-order chi connectivity index (χ0) is 25.4. The summed E-state index contributed by atoms with van der Waals surface area (Å²) in [4.78, 5) is 21.0. The third-order valence-electron chi connectivity index (χ3n) is 6.03. The van der Waals surface area contributed by atoms with Gasteiger partial charge < -0.3 is 16.0 Å². The fourth-order valence-electron chi connectivity index (χ4n) is 4.59. The highest BCUT2D eigenvalue weighted by atomic mass is 19.1. The predicted octanol–water partition coefficient (Wildman–Crippen LogP) is 4.23. The highest BCUT2D eigenvalue weighted by Crippen LogP contribution is 2.37. The Bertz CT molecular complexity index is 1190. The number of halogens is 1. The average Bonchev–Trinajstić information content (AvgIpc) is 3.19. The summed E-state index contributed by atoms with van der Waals surface area (Å²) in [5, 5.41) is 29.4. The van der Waals surface area contributed by atoms with Gasteiger partial charge in [0, 0.05) is 40.1 Å². The number of hydrogen-bond donors (Lipinski definition) is 4. The normalized spacial score (nSPS) is 17.7. The number of piperidine rings is 1. The first-order valence-corrected chi connectivity index (χ1v) is 11.4. The van der Waals surface area contributed by atoms with E-state index in [1.54, 1.807) is 30.3 Å². The zero-order valence-corrected chi connectivity index (χ0v) is 20.4. The number of anilines is 4. The van der Waals surface area contributed by atoms with E-state index in [0.717, 1.165) is 17.0 Å². The number of aromatic amines is 1. The Labute approximate surface area is 203 Å². The van der Waals surface area contributed by atoms with Crippen LogP contribution in [0.15, 0.2) is 36.5 Å². The second kappa shape index (κ2) is 9.23. The van der Waals surface area contributed by atoms with Gasteiger partial charge in [0.15, 0.2) is 17.5 Å². The number of hydrogen-bond acceptors (Lipinski definition) is 7. The predicted molar refractivity (Wildman–Crippen MR) is 129 cm³/mol. The van der Waals surface area contributed by atoms with Gasteiger partial charge in [0.25, 0.3) is 5.91 Å². The molecule has 1 amide bonds. The van der Waals surface area contributed by atoms with Crippen LogP contribution in [0, 0.1) is 12.7 Å². The van der Waals surface area contributed by atoms with Crippen molar-refractivity contribution in [2.75, 3.05) is 10.6 Å². The Morgan fingerprint density at radius 2 is 1.77 bits per heavy atom. The maximum Gasteiger partial charge on any atom is 0.251 e. The van der Waals surface area contributed by atoms with Crippen molar-refractivity contribution < 1.29 is 14.4 Å². The Hall–Kier alpha value is -3.57. The summed E-state index contributed by atoms with van der Waals surface area (Å²) in [6.45, 7) is 9.43. The maximum absolute atomic E-state index is 14.1. The summed E-state index contributed by atoms with van der Waals surface area (Å²) in [5.41, 5.74) is 0.829. The molecule has 1 radical (unpaired) electrons. The number of carbonyl (C=O) groups is 1. The van der Waals surface area contributed by atoms with Gasteiger partial charge >= 0.3 is 0 Å². The maximum atomic E-state index is 14.1. The first-order valence-electron chi connectivity index (χ1n) is 11.4. The molecule has 0 bridgehead atoms. The summed E-state index contributed by atoms with van der Waals surface area (Å²) >= 11 is 0. The van der Waals surface area contributed by atoms with Crippen LogP contribution in [0.5, 0.6) is 0 Å². The van der Waals surface area contributed by atoms with Gasteiger partial charge in [-0.3, -0.25) is 9.89 Å². The van der Waals surface area contributed by atoms with Crippen LogP contribution >= 0.6 is 0 Å². The van der Waals surface area contributed by atoms with E-state index in [9.17, 15) is 14.4 Å². The van der Waals surface area contributed by atoms with Crippen LogP contribution in [-0.4, -0.2) is 48.3 Å². The third kappa shape index (κ3) is 5.57. The lowest BCUT2D eigenvalue weighted by atomic mass is 9.79. The number of nitrogens with zero attached hydrogens (tertiary/aromatic N) is 4. The summed E-state index contributed by atoms with van der Waals surface area (Å²) in [6, 6.07) is 8.44. The van der Waals surface area contributed by atoms with Gasteiger partial charge in [-0.25, -0.2) is 9.37 Å². The van der Waals surface area contributed by atoms with Crippen LogP contribution in [0.1, 0.15) is 56.6 Å². The number of carbonyl (C=O) groups excluding carboxylic acids is 1. The molecule has 3 aromatic rings. The SMILES string of the molecule is Cc1cc(Nc2nc(Nc3ccc(C(=O)NC4CC(C)(C)N([O])C(C)(C)C4)cc3)ncc2F)n[nH]1. The van der Waals surface area contributed by atoms with E-state index in [2.05, 4.69) is 36.1 Å². The van der Waals surface area contributed by atoms with Crippen LogP contribution in [-0.2, 0) is 5.21 Å². The molecule has 35 heavy (non-hydrogen) atoms. The standard InChI is InChI=1S/C24H30FN8O2/c1-14-10-19(32-31-14)29-20-18(25)13-26-22(30-20)28-16-8-6-15(7-9-16)21(34)27-17-11-23(2,3)33(35)24(4,5)12-17/h6-10,13,17H,11-12H2,1-5H3,(H,27,34)(H3,26,28,29,30,31,32). The molecule has 4 N–H and O–H groups in total. The lowest BCUT2D eigenvalue weighted by molar-refractivity contribution is -0.289.